The second kappa shape index (κ2) is 7.13. The highest BCUT2D eigenvalue weighted by Crippen LogP contribution is 2.32. The Morgan fingerprint density at radius 2 is 2.22 bits per heavy atom. The van der Waals surface area contributed by atoms with Crippen molar-refractivity contribution in [3.63, 3.8) is 0 Å². The molecule has 18 heavy (non-hydrogen) atoms. The van der Waals surface area contributed by atoms with Crippen molar-refractivity contribution in [1.29, 1.82) is 0 Å². The quantitative estimate of drug-likeness (QED) is 0.765. The van der Waals surface area contributed by atoms with Crippen molar-refractivity contribution in [2.75, 3.05) is 13.1 Å². The number of rotatable bonds is 6. The molecule has 1 amide bonds. The van der Waals surface area contributed by atoms with E-state index in [4.69, 9.17) is 0 Å². The van der Waals surface area contributed by atoms with Crippen LogP contribution in [0.3, 0.4) is 0 Å². The van der Waals surface area contributed by atoms with Crippen molar-refractivity contribution in [2.24, 2.45) is 11.3 Å². The third-order valence-corrected chi connectivity index (χ3v) is 4.27. The maximum Gasteiger partial charge on any atom is 0.226 e. The molecule has 0 radical (unpaired) electrons. The van der Waals surface area contributed by atoms with Crippen LogP contribution in [0.2, 0.25) is 0 Å². The standard InChI is InChI=1S/C15H30N2O/c1-5-6-8-12(2)17-14(18)15(3,4)13-9-7-10-16-11-13/h12-13,16H,5-11H2,1-4H3,(H,17,18). The van der Waals surface area contributed by atoms with Crippen LogP contribution >= 0.6 is 0 Å². The molecule has 0 aromatic heterocycles. The molecule has 3 nitrogen and oxygen atoms in total. The van der Waals surface area contributed by atoms with Crippen LogP contribution in [0.4, 0.5) is 0 Å². The van der Waals surface area contributed by atoms with Gasteiger partial charge in [0.05, 0.1) is 0 Å². The smallest absolute Gasteiger partial charge is 0.226 e. The van der Waals surface area contributed by atoms with Gasteiger partial charge < -0.3 is 10.6 Å². The van der Waals surface area contributed by atoms with Crippen LogP contribution in [-0.2, 0) is 4.79 Å². The summed E-state index contributed by atoms with van der Waals surface area (Å²) in [6.45, 7) is 10.6. The lowest BCUT2D eigenvalue weighted by molar-refractivity contribution is -0.133. The summed E-state index contributed by atoms with van der Waals surface area (Å²) in [4.78, 5) is 12.4. The molecule has 1 heterocycles. The second-order valence-corrected chi connectivity index (χ2v) is 6.28. The molecule has 0 bridgehead atoms. The monoisotopic (exact) mass is 254 g/mol. The van der Waals surface area contributed by atoms with Gasteiger partial charge in [0.1, 0.15) is 0 Å². The predicted octanol–water partition coefficient (Wildman–Crippen LogP) is 2.71. The van der Waals surface area contributed by atoms with Crippen LogP contribution in [0, 0.1) is 11.3 Å². The van der Waals surface area contributed by atoms with E-state index >= 15 is 0 Å². The van der Waals surface area contributed by atoms with Gasteiger partial charge in [-0.2, -0.15) is 0 Å². The van der Waals surface area contributed by atoms with Crippen LogP contribution in [0.25, 0.3) is 0 Å². The number of hydrogen-bond donors (Lipinski definition) is 2. The largest absolute Gasteiger partial charge is 0.353 e. The number of hydrogen-bond acceptors (Lipinski definition) is 2. The molecular weight excluding hydrogens is 224 g/mol. The first kappa shape index (κ1) is 15.5. The van der Waals surface area contributed by atoms with E-state index in [2.05, 4.69) is 38.3 Å². The van der Waals surface area contributed by atoms with Crippen LogP contribution in [-0.4, -0.2) is 25.0 Å². The van der Waals surface area contributed by atoms with Gasteiger partial charge in [-0.05, 0) is 45.2 Å². The van der Waals surface area contributed by atoms with Gasteiger partial charge in [-0.1, -0.05) is 33.6 Å². The van der Waals surface area contributed by atoms with Crippen molar-refractivity contribution in [3.8, 4) is 0 Å². The van der Waals surface area contributed by atoms with Crippen molar-refractivity contribution in [3.05, 3.63) is 0 Å². The molecule has 0 aromatic carbocycles. The first-order chi connectivity index (χ1) is 8.48. The zero-order valence-electron chi connectivity index (χ0n) is 12.5. The molecule has 0 spiro atoms. The predicted molar refractivity (Wildman–Crippen MR) is 76.5 cm³/mol. The average molecular weight is 254 g/mol. The number of amides is 1. The molecule has 1 rings (SSSR count). The lowest BCUT2D eigenvalue weighted by Gasteiger charge is -2.36. The molecule has 3 heteroatoms. The SMILES string of the molecule is CCCCC(C)NC(=O)C(C)(C)C1CCCNC1. The molecule has 2 unspecified atom stereocenters. The molecule has 1 aliphatic heterocycles. The first-order valence-electron chi connectivity index (χ1n) is 7.50. The van der Waals surface area contributed by atoms with Crippen molar-refractivity contribution < 1.29 is 4.79 Å². The summed E-state index contributed by atoms with van der Waals surface area (Å²) in [6, 6.07) is 0.299. The number of piperidine rings is 1. The number of carbonyl (C=O) groups excluding carboxylic acids is 1. The maximum absolute atomic E-state index is 12.4. The normalized spacial score (nSPS) is 22.6. The lowest BCUT2D eigenvalue weighted by Crippen LogP contribution is -2.49. The molecule has 0 aromatic rings. The summed E-state index contributed by atoms with van der Waals surface area (Å²) >= 11 is 0. The van der Waals surface area contributed by atoms with E-state index in [1.54, 1.807) is 0 Å². The summed E-state index contributed by atoms with van der Waals surface area (Å²) in [6.07, 6.45) is 5.81. The summed E-state index contributed by atoms with van der Waals surface area (Å²) in [7, 11) is 0. The highest BCUT2D eigenvalue weighted by Gasteiger charge is 2.37. The highest BCUT2D eigenvalue weighted by atomic mass is 16.2. The number of carbonyl (C=O) groups is 1. The second-order valence-electron chi connectivity index (χ2n) is 6.28. The fourth-order valence-corrected chi connectivity index (χ4v) is 2.65. The van der Waals surface area contributed by atoms with E-state index in [9.17, 15) is 4.79 Å². The number of nitrogens with one attached hydrogen (secondary N) is 2. The van der Waals surface area contributed by atoms with Gasteiger partial charge in [-0.25, -0.2) is 0 Å². The zero-order valence-corrected chi connectivity index (χ0v) is 12.5. The van der Waals surface area contributed by atoms with Gasteiger partial charge in [0.25, 0.3) is 0 Å². The van der Waals surface area contributed by atoms with Crippen LogP contribution in [0.15, 0.2) is 0 Å². The molecule has 0 saturated carbocycles. The fraction of sp³-hybridized carbons (Fsp3) is 0.933. The maximum atomic E-state index is 12.4. The summed E-state index contributed by atoms with van der Waals surface area (Å²) in [5.41, 5.74) is -0.256. The van der Waals surface area contributed by atoms with E-state index in [1.165, 1.54) is 19.3 Å². The molecule has 2 atom stereocenters. The summed E-state index contributed by atoms with van der Waals surface area (Å²) < 4.78 is 0. The molecule has 106 valence electrons. The molecule has 0 aliphatic carbocycles. The van der Waals surface area contributed by atoms with Gasteiger partial charge in [0.15, 0.2) is 0 Å². The first-order valence-corrected chi connectivity index (χ1v) is 7.50. The van der Waals surface area contributed by atoms with Gasteiger partial charge in [0, 0.05) is 11.5 Å². The van der Waals surface area contributed by atoms with Crippen LogP contribution < -0.4 is 10.6 Å². The minimum Gasteiger partial charge on any atom is -0.353 e. The molecule has 1 fully saturated rings. The van der Waals surface area contributed by atoms with E-state index in [1.807, 2.05) is 0 Å². The molecule has 2 N–H and O–H groups in total. The Hall–Kier alpha value is -0.570. The Bertz CT molecular complexity index is 257. The van der Waals surface area contributed by atoms with Gasteiger partial charge in [0.2, 0.25) is 5.91 Å². The third kappa shape index (κ3) is 4.27. The summed E-state index contributed by atoms with van der Waals surface area (Å²) in [5.74, 6) is 0.685. The lowest BCUT2D eigenvalue weighted by atomic mass is 9.74. The topological polar surface area (TPSA) is 41.1 Å². The van der Waals surface area contributed by atoms with Gasteiger partial charge in [-0.15, -0.1) is 0 Å². The van der Waals surface area contributed by atoms with E-state index in [-0.39, 0.29) is 11.3 Å². The average Bonchev–Trinajstić information content (AvgIpc) is 2.37. The van der Waals surface area contributed by atoms with E-state index in [0.717, 1.165) is 25.9 Å². The van der Waals surface area contributed by atoms with E-state index in [0.29, 0.717) is 12.0 Å². The van der Waals surface area contributed by atoms with Crippen LogP contribution in [0.1, 0.15) is 59.8 Å². The fourth-order valence-electron chi connectivity index (χ4n) is 2.65. The van der Waals surface area contributed by atoms with Crippen molar-refractivity contribution >= 4 is 5.91 Å². The van der Waals surface area contributed by atoms with Crippen molar-refractivity contribution in [2.45, 2.75) is 65.8 Å². The van der Waals surface area contributed by atoms with Crippen LogP contribution in [0.5, 0.6) is 0 Å². The summed E-state index contributed by atoms with van der Waals surface area (Å²) in [5, 5.41) is 6.59. The van der Waals surface area contributed by atoms with Crippen molar-refractivity contribution in [1.82, 2.24) is 10.6 Å². The third-order valence-electron chi connectivity index (χ3n) is 4.27. The van der Waals surface area contributed by atoms with Gasteiger partial charge in [-0.3, -0.25) is 4.79 Å². The Balaban J connectivity index is 2.47. The minimum absolute atomic E-state index is 0.222. The molecule has 1 saturated heterocycles. The van der Waals surface area contributed by atoms with E-state index < -0.39 is 0 Å². The molecular formula is C15H30N2O. The number of unbranched alkanes of at least 4 members (excludes halogenated alkanes) is 1. The Labute approximate surface area is 112 Å². The highest BCUT2D eigenvalue weighted by molar-refractivity contribution is 5.82. The Morgan fingerprint density at radius 3 is 2.78 bits per heavy atom. The zero-order chi connectivity index (χ0) is 13.6. The Morgan fingerprint density at radius 1 is 1.50 bits per heavy atom. The molecule has 1 aliphatic rings. The Kier molecular flexibility index (Phi) is 6.13. The van der Waals surface area contributed by atoms with Gasteiger partial charge >= 0.3 is 0 Å². The minimum atomic E-state index is -0.256.